The van der Waals surface area contributed by atoms with E-state index in [0.717, 1.165) is 5.56 Å². The molecule has 0 saturated heterocycles. The van der Waals surface area contributed by atoms with E-state index in [2.05, 4.69) is 0 Å². The second-order valence-corrected chi connectivity index (χ2v) is 7.30. The Hall–Kier alpha value is -1.38. The predicted octanol–water partition coefficient (Wildman–Crippen LogP) is 1.70. The number of ether oxygens (including phenoxy) is 2. The Morgan fingerprint density at radius 2 is 1.77 bits per heavy atom. The number of halogens is 1. The number of rotatable bonds is 8. The van der Waals surface area contributed by atoms with Crippen LogP contribution in [0.15, 0.2) is 12.1 Å². The van der Waals surface area contributed by atoms with Crippen molar-refractivity contribution < 1.29 is 31.3 Å². The van der Waals surface area contributed by atoms with Gasteiger partial charge in [-0.25, -0.2) is 4.39 Å². The molecule has 0 heterocycles. The quantitative estimate of drug-likeness (QED) is 0.578. The zero-order chi connectivity index (χ0) is 17.0. The molecule has 6 nitrogen and oxygen atoms in total. The van der Waals surface area contributed by atoms with Gasteiger partial charge in [-0.1, -0.05) is 0 Å². The topological polar surface area (TPSA) is 72.8 Å². The molecular formula is C14H23FNO5S+. The van der Waals surface area contributed by atoms with Crippen molar-refractivity contribution >= 4 is 10.1 Å². The van der Waals surface area contributed by atoms with E-state index < -0.39 is 15.9 Å². The van der Waals surface area contributed by atoms with E-state index in [1.807, 2.05) is 14.1 Å². The molecule has 0 fully saturated rings. The molecule has 0 aliphatic heterocycles. The minimum Gasteiger partial charge on any atom is -0.492 e. The summed E-state index contributed by atoms with van der Waals surface area (Å²) < 4.78 is 54.7. The van der Waals surface area contributed by atoms with Gasteiger partial charge in [-0.15, -0.1) is 0 Å². The standard InChI is InChI=1S/C14H22FNO5S/c1-16(2,8-5-9-22(17,18)19)10-11-6-7-12(15)14(21-4)13(11)20-3/h6-7H,5,8-10H2,1-4H3/p+1. The fourth-order valence-corrected chi connectivity index (χ4v) is 2.83. The molecule has 1 N–H and O–H groups in total. The van der Waals surface area contributed by atoms with E-state index in [0.29, 0.717) is 29.7 Å². The Bertz CT molecular complexity index is 616. The van der Waals surface area contributed by atoms with Crippen LogP contribution in [0.4, 0.5) is 4.39 Å². The maximum absolute atomic E-state index is 13.7. The Morgan fingerprint density at radius 3 is 2.27 bits per heavy atom. The molecule has 0 bridgehead atoms. The summed E-state index contributed by atoms with van der Waals surface area (Å²) in [7, 11) is 2.69. The van der Waals surface area contributed by atoms with Gasteiger partial charge in [0.05, 0.1) is 46.2 Å². The second-order valence-electron chi connectivity index (χ2n) is 5.73. The van der Waals surface area contributed by atoms with E-state index in [1.165, 1.54) is 20.3 Å². The highest BCUT2D eigenvalue weighted by Crippen LogP contribution is 2.35. The zero-order valence-electron chi connectivity index (χ0n) is 13.3. The van der Waals surface area contributed by atoms with Crippen LogP contribution in [-0.2, 0) is 16.7 Å². The number of hydrogen-bond acceptors (Lipinski definition) is 4. The lowest BCUT2D eigenvalue weighted by atomic mass is 10.1. The first-order valence-electron chi connectivity index (χ1n) is 6.76. The molecule has 1 aromatic carbocycles. The highest BCUT2D eigenvalue weighted by atomic mass is 32.2. The van der Waals surface area contributed by atoms with Crippen LogP contribution in [0.1, 0.15) is 12.0 Å². The van der Waals surface area contributed by atoms with Crippen molar-refractivity contribution in [2.24, 2.45) is 0 Å². The SMILES string of the molecule is COc1c(F)ccc(C[N+](C)(C)CCCS(=O)(=O)O)c1OC. The Labute approximate surface area is 130 Å². The van der Waals surface area contributed by atoms with Gasteiger partial charge in [-0.3, -0.25) is 4.55 Å². The molecule has 0 radical (unpaired) electrons. The van der Waals surface area contributed by atoms with Crippen molar-refractivity contribution in [3.63, 3.8) is 0 Å². The van der Waals surface area contributed by atoms with Gasteiger partial charge >= 0.3 is 0 Å². The van der Waals surface area contributed by atoms with E-state index in [4.69, 9.17) is 14.0 Å². The van der Waals surface area contributed by atoms with E-state index >= 15 is 0 Å². The van der Waals surface area contributed by atoms with E-state index in [1.54, 1.807) is 6.07 Å². The predicted molar refractivity (Wildman–Crippen MR) is 81.2 cm³/mol. The molecule has 0 unspecified atom stereocenters. The van der Waals surface area contributed by atoms with Crippen molar-refractivity contribution in [1.82, 2.24) is 0 Å². The first-order chi connectivity index (χ1) is 10.1. The zero-order valence-corrected chi connectivity index (χ0v) is 14.1. The molecule has 0 spiro atoms. The summed E-state index contributed by atoms with van der Waals surface area (Å²) in [4.78, 5) is 0. The fraction of sp³-hybridized carbons (Fsp3) is 0.571. The molecule has 1 aromatic rings. The number of hydrogen-bond donors (Lipinski definition) is 1. The Kier molecular flexibility index (Phi) is 6.16. The lowest BCUT2D eigenvalue weighted by molar-refractivity contribution is -0.903. The normalized spacial score (nSPS) is 12.3. The lowest BCUT2D eigenvalue weighted by Gasteiger charge is -2.30. The molecule has 0 atom stereocenters. The molecule has 8 heteroatoms. The summed E-state index contributed by atoms with van der Waals surface area (Å²) in [6.07, 6.45) is 0.326. The van der Waals surface area contributed by atoms with Gasteiger partial charge in [-0.05, 0) is 12.1 Å². The molecule has 1 rings (SSSR count). The highest BCUT2D eigenvalue weighted by Gasteiger charge is 2.23. The van der Waals surface area contributed by atoms with Gasteiger partial charge in [0.2, 0.25) is 0 Å². The number of nitrogens with zero attached hydrogens (tertiary/aromatic N) is 1. The largest absolute Gasteiger partial charge is 0.492 e. The maximum atomic E-state index is 13.7. The highest BCUT2D eigenvalue weighted by molar-refractivity contribution is 7.85. The van der Waals surface area contributed by atoms with E-state index in [9.17, 15) is 12.8 Å². The summed E-state index contributed by atoms with van der Waals surface area (Å²) in [5.41, 5.74) is 0.762. The summed E-state index contributed by atoms with van der Waals surface area (Å²) in [6.45, 7) is 1.04. The minimum atomic E-state index is -3.95. The van der Waals surface area contributed by atoms with Crippen LogP contribution in [0.3, 0.4) is 0 Å². The van der Waals surface area contributed by atoms with Crippen LogP contribution < -0.4 is 9.47 Å². The van der Waals surface area contributed by atoms with Crippen molar-refractivity contribution in [2.45, 2.75) is 13.0 Å². The van der Waals surface area contributed by atoms with Crippen LogP contribution in [0.5, 0.6) is 11.5 Å². The third-order valence-corrected chi connectivity index (χ3v) is 4.12. The smallest absolute Gasteiger partial charge is 0.265 e. The molecule has 126 valence electrons. The van der Waals surface area contributed by atoms with Crippen molar-refractivity contribution in [2.75, 3.05) is 40.6 Å². The van der Waals surface area contributed by atoms with E-state index in [-0.39, 0.29) is 11.5 Å². The average molecular weight is 336 g/mol. The third kappa shape index (κ3) is 5.43. The van der Waals surface area contributed by atoms with Crippen LogP contribution >= 0.6 is 0 Å². The van der Waals surface area contributed by atoms with Gasteiger partial charge in [-0.2, -0.15) is 8.42 Å². The van der Waals surface area contributed by atoms with Crippen molar-refractivity contribution in [1.29, 1.82) is 0 Å². The maximum Gasteiger partial charge on any atom is 0.265 e. The number of methoxy groups -OCH3 is 2. The number of quaternary nitrogens is 1. The Morgan fingerprint density at radius 1 is 1.18 bits per heavy atom. The van der Waals surface area contributed by atoms with Gasteiger partial charge in [0, 0.05) is 6.42 Å². The van der Waals surface area contributed by atoms with Crippen LogP contribution in [0.2, 0.25) is 0 Å². The average Bonchev–Trinajstić information content (AvgIpc) is 2.38. The summed E-state index contributed by atoms with van der Waals surface area (Å²) in [6, 6.07) is 2.94. The molecule has 0 saturated carbocycles. The molecule has 0 aromatic heterocycles. The Balaban J connectivity index is 2.89. The lowest BCUT2D eigenvalue weighted by Crippen LogP contribution is -2.40. The first-order valence-corrected chi connectivity index (χ1v) is 8.37. The van der Waals surface area contributed by atoms with Gasteiger partial charge in [0.25, 0.3) is 10.1 Å². The van der Waals surface area contributed by atoms with Crippen LogP contribution in [-0.4, -0.2) is 58.1 Å². The van der Waals surface area contributed by atoms with Gasteiger partial charge in [0.15, 0.2) is 17.3 Å². The van der Waals surface area contributed by atoms with Crippen molar-refractivity contribution in [3.05, 3.63) is 23.5 Å². The van der Waals surface area contributed by atoms with Crippen molar-refractivity contribution in [3.8, 4) is 11.5 Å². The summed E-state index contributed by atoms with van der Waals surface area (Å²) in [5, 5.41) is 0. The summed E-state index contributed by atoms with van der Waals surface area (Å²) in [5.74, 6) is -0.389. The molecule has 0 aliphatic rings. The second kappa shape index (κ2) is 7.26. The molecule has 0 amide bonds. The first kappa shape index (κ1) is 18.7. The van der Waals surface area contributed by atoms with Gasteiger partial charge in [0.1, 0.15) is 6.54 Å². The monoisotopic (exact) mass is 336 g/mol. The minimum absolute atomic E-state index is 0.0536. The van der Waals surface area contributed by atoms with Gasteiger partial charge < -0.3 is 14.0 Å². The third-order valence-electron chi connectivity index (χ3n) is 3.32. The van der Waals surface area contributed by atoms with Crippen LogP contribution in [0, 0.1) is 5.82 Å². The molecular weight excluding hydrogens is 313 g/mol. The molecule has 0 aliphatic carbocycles. The van der Waals surface area contributed by atoms with Crippen LogP contribution in [0.25, 0.3) is 0 Å². The fourth-order valence-electron chi connectivity index (χ4n) is 2.33. The molecule has 22 heavy (non-hydrogen) atoms. The number of benzene rings is 1. The summed E-state index contributed by atoms with van der Waals surface area (Å²) >= 11 is 0.